The molecule has 0 aromatic rings. The van der Waals surface area contributed by atoms with Gasteiger partial charge in [-0.05, 0) is 12.8 Å². The predicted octanol–water partition coefficient (Wildman–Crippen LogP) is -1.61. The molecule has 8 N–H and O–H groups in total. The van der Waals surface area contributed by atoms with Crippen LogP contribution in [0, 0.1) is 0 Å². The number of aliphatic imine (C=N–C) groups is 1. The highest BCUT2D eigenvalue weighted by molar-refractivity contribution is 5.89. The normalized spacial score (nSPS) is 10.5. The highest BCUT2D eigenvalue weighted by Gasteiger charge is 2.18. The molecule has 0 unspecified atom stereocenters. The summed E-state index contributed by atoms with van der Waals surface area (Å²) < 4.78 is 4.39. The van der Waals surface area contributed by atoms with Gasteiger partial charge >= 0.3 is 17.9 Å². The van der Waals surface area contributed by atoms with E-state index in [4.69, 9.17) is 32.2 Å². The van der Waals surface area contributed by atoms with Crippen molar-refractivity contribution in [3.8, 4) is 0 Å². The molecule has 23 heavy (non-hydrogen) atoms. The highest BCUT2D eigenvalue weighted by Crippen LogP contribution is 2.00. The van der Waals surface area contributed by atoms with Gasteiger partial charge in [-0.1, -0.05) is 0 Å². The minimum Gasteiger partial charge on any atom is -0.481 e. The van der Waals surface area contributed by atoms with Gasteiger partial charge in [0.2, 0.25) is 0 Å². The van der Waals surface area contributed by atoms with E-state index in [0.29, 0.717) is 13.0 Å². The molecule has 0 rings (SSSR count). The Morgan fingerprint density at radius 1 is 1.13 bits per heavy atom. The van der Waals surface area contributed by atoms with Crippen LogP contribution in [0.4, 0.5) is 0 Å². The van der Waals surface area contributed by atoms with Gasteiger partial charge in [0.1, 0.15) is 6.04 Å². The monoisotopic (exact) mass is 334 g/mol. The third-order valence-electron chi connectivity index (χ3n) is 2.03. The van der Waals surface area contributed by atoms with Crippen LogP contribution in [0.25, 0.3) is 0 Å². The summed E-state index contributed by atoms with van der Waals surface area (Å²) in [5, 5.41) is 15.8. The fourth-order valence-corrected chi connectivity index (χ4v) is 1.09. The smallest absolute Gasteiger partial charge is 0.330 e. The summed E-state index contributed by atoms with van der Waals surface area (Å²) in [6.45, 7) is 1.40. The van der Waals surface area contributed by atoms with Gasteiger partial charge in [0.05, 0.1) is 12.8 Å². The van der Waals surface area contributed by atoms with Crippen LogP contribution < -0.4 is 17.2 Å². The first kappa shape index (κ1) is 22.6. The van der Waals surface area contributed by atoms with Crippen molar-refractivity contribution in [3.63, 3.8) is 0 Å². The number of carboxylic acids is 2. The first-order valence-electron chi connectivity index (χ1n) is 6.53. The number of nitrogens with zero attached hydrogens (tertiary/aromatic N) is 1. The van der Waals surface area contributed by atoms with E-state index in [9.17, 15) is 14.4 Å². The van der Waals surface area contributed by atoms with Crippen molar-refractivity contribution in [1.82, 2.24) is 0 Å². The zero-order valence-corrected chi connectivity index (χ0v) is 12.7. The van der Waals surface area contributed by atoms with Gasteiger partial charge in [-0.15, -0.1) is 0 Å². The molecule has 11 heteroatoms. The van der Waals surface area contributed by atoms with E-state index in [1.165, 1.54) is 0 Å². The Labute approximate surface area is 132 Å². The van der Waals surface area contributed by atoms with Crippen LogP contribution in [-0.4, -0.2) is 52.6 Å². The van der Waals surface area contributed by atoms with Crippen molar-refractivity contribution < 1.29 is 34.1 Å². The number of guanidine groups is 1. The summed E-state index contributed by atoms with van der Waals surface area (Å²) in [4.78, 5) is 45.3. The zero-order chi connectivity index (χ0) is 18.4. The Morgan fingerprint density at radius 2 is 1.65 bits per heavy atom. The number of esters is 2. The van der Waals surface area contributed by atoms with Crippen LogP contribution in [-0.2, 0) is 23.9 Å². The molecule has 0 saturated heterocycles. The van der Waals surface area contributed by atoms with Gasteiger partial charge in [0.25, 0.3) is 5.97 Å². The minimum atomic E-state index is -1.15. The average Bonchev–Trinajstić information content (AvgIpc) is 2.40. The summed E-state index contributed by atoms with van der Waals surface area (Å²) in [5.41, 5.74) is 15.7. The summed E-state index contributed by atoms with van der Waals surface area (Å²) in [7, 11) is 0. The van der Waals surface area contributed by atoms with Gasteiger partial charge in [-0.25, -0.2) is 4.79 Å². The van der Waals surface area contributed by atoms with E-state index in [2.05, 4.69) is 9.73 Å². The third-order valence-corrected chi connectivity index (χ3v) is 2.03. The van der Waals surface area contributed by atoms with Crippen LogP contribution in [0.5, 0.6) is 0 Å². The first-order valence-corrected chi connectivity index (χ1v) is 6.53. The second kappa shape index (κ2) is 13.0. The second-order valence-electron chi connectivity index (χ2n) is 4.26. The molecular weight excluding hydrogens is 312 g/mol. The largest absolute Gasteiger partial charge is 0.481 e. The Hall–Kier alpha value is -2.69. The molecule has 0 aliphatic rings. The fourth-order valence-electron chi connectivity index (χ4n) is 1.09. The highest BCUT2D eigenvalue weighted by atomic mass is 16.6. The van der Waals surface area contributed by atoms with Crippen LogP contribution in [0.2, 0.25) is 0 Å². The number of aliphatic carboxylic acids is 2. The summed E-state index contributed by atoms with van der Waals surface area (Å²) in [6, 6.07) is -0.969. The molecular formula is C12H22N4O7. The lowest BCUT2D eigenvalue weighted by atomic mass is 10.2. The lowest BCUT2D eigenvalue weighted by Crippen LogP contribution is -2.34. The number of hydrogen-bond acceptors (Lipinski definition) is 7. The molecule has 0 radical (unpaired) electrons. The molecule has 11 nitrogen and oxygen atoms in total. The van der Waals surface area contributed by atoms with Gasteiger partial charge in [0.15, 0.2) is 5.96 Å². The Balaban J connectivity index is 0. The van der Waals surface area contributed by atoms with E-state index >= 15 is 0 Å². The molecule has 0 aliphatic carbocycles. The molecule has 132 valence electrons. The SMILES string of the molecule is CC(=O)O.NC(N)=NCCC[C@H](N)C(=O)OC(=O)CCC(=O)O. The first-order chi connectivity index (χ1) is 10.6. The average molecular weight is 334 g/mol. The number of carbonyl (C=O) groups is 4. The minimum absolute atomic E-state index is 0.0556. The molecule has 1 atom stereocenters. The standard InChI is InChI=1S/C10H18N4O5.C2H4O2/c11-6(2-1-5-14-10(12)13)9(18)19-8(17)4-3-7(15)16;1-2(3)4/h6H,1-5,11H2,(H,15,16)(H4,12,13,14);1H3,(H,3,4)/t6-;/m0./s1. The molecule has 0 fully saturated rings. The zero-order valence-electron chi connectivity index (χ0n) is 12.7. The molecule has 0 spiro atoms. The van der Waals surface area contributed by atoms with Gasteiger partial charge in [-0.3, -0.25) is 19.4 Å². The maximum atomic E-state index is 11.3. The van der Waals surface area contributed by atoms with Crippen LogP contribution >= 0.6 is 0 Å². The molecule has 0 heterocycles. The van der Waals surface area contributed by atoms with Crippen LogP contribution in [0.3, 0.4) is 0 Å². The number of carboxylic acid groups (broad SMARTS) is 2. The topological polar surface area (TPSA) is 208 Å². The number of rotatable bonds is 8. The Kier molecular flexibility index (Phi) is 12.8. The van der Waals surface area contributed by atoms with Gasteiger partial charge < -0.3 is 32.2 Å². The van der Waals surface area contributed by atoms with Crippen LogP contribution in [0.15, 0.2) is 4.99 Å². The number of ether oxygens (including phenoxy) is 1. The van der Waals surface area contributed by atoms with Crippen molar-refractivity contribution in [2.75, 3.05) is 6.54 Å². The lowest BCUT2D eigenvalue weighted by Gasteiger charge is -2.09. The van der Waals surface area contributed by atoms with Crippen molar-refractivity contribution in [2.45, 2.75) is 38.6 Å². The Bertz CT molecular complexity index is 443. The van der Waals surface area contributed by atoms with Crippen molar-refractivity contribution in [3.05, 3.63) is 0 Å². The number of nitrogens with two attached hydrogens (primary N) is 3. The van der Waals surface area contributed by atoms with Crippen molar-refractivity contribution in [2.24, 2.45) is 22.2 Å². The summed E-state index contributed by atoms with van der Waals surface area (Å²) >= 11 is 0. The number of carbonyl (C=O) groups excluding carboxylic acids is 2. The van der Waals surface area contributed by atoms with E-state index in [1.54, 1.807) is 0 Å². The van der Waals surface area contributed by atoms with Gasteiger partial charge in [-0.2, -0.15) is 0 Å². The summed E-state index contributed by atoms with van der Waals surface area (Å²) in [5.74, 6) is -3.84. The van der Waals surface area contributed by atoms with Gasteiger partial charge in [0, 0.05) is 13.5 Å². The maximum absolute atomic E-state index is 11.3. The van der Waals surface area contributed by atoms with Crippen LogP contribution in [0.1, 0.15) is 32.6 Å². The summed E-state index contributed by atoms with van der Waals surface area (Å²) in [6.07, 6.45) is -0.0626. The lowest BCUT2D eigenvalue weighted by molar-refractivity contribution is -0.162. The van der Waals surface area contributed by atoms with E-state index in [1.807, 2.05) is 0 Å². The maximum Gasteiger partial charge on any atom is 0.330 e. The van der Waals surface area contributed by atoms with E-state index in [0.717, 1.165) is 6.92 Å². The predicted molar refractivity (Wildman–Crippen MR) is 79.2 cm³/mol. The second-order valence-corrected chi connectivity index (χ2v) is 4.26. The fraction of sp³-hybridized carbons (Fsp3) is 0.583. The van der Waals surface area contributed by atoms with Crippen molar-refractivity contribution >= 4 is 29.8 Å². The molecule has 0 bridgehead atoms. The number of hydrogen-bond donors (Lipinski definition) is 5. The molecule has 0 aromatic carbocycles. The van der Waals surface area contributed by atoms with E-state index in [-0.39, 0.29) is 18.8 Å². The third kappa shape index (κ3) is 19.3. The molecule has 0 aromatic heterocycles. The van der Waals surface area contributed by atoms with E-state index < -0.39 is 36.3 Å². The molecule has 0 saturated carbocycles. The molecule has 0 amide bonds. The van der Waals surface area contributed by atoms with Crippen molar-refractivity contribution in [1.29, 1.82) is 0 Å². The Morgan fingerprint density at radius 3 is 2.09 bits per heavy atom. The quantitative estimate of drug-likeness (QED) is 0.113. The molecule has 0 aliphatic heterocycles.